The predicted molar refractivity (Wildman–Crippen MR) is 112 cm³/mol. The number of hydrogen-bond acceptors (Lipinski definition) is 5. The SMILES string of the molecule is CC(C)(C)OC(=O)N1[C@H](C(=O)OCC(=O)c2ccc(Br)cc2)C[C@@H]2CCCC[C@@H]21. The molecule has 3 rings (SSSR count). The predicted octanol–water partition coefficient (Wildman–Crippen LogP) is 4.74. The van der Waals surface area contributed by atoms with Gasteiger partial charge in [0.2, 0.25) is 0 Å². The highest BCUT2D eigenvalue weighted by molar-refractivity contribution is 9.10. The molecule has 0 spiro atoms. The number of ketones is 1. The molecular weight excluding hydrogens is 438 g/mol. The average molecular weight is 466 g/mol. The zero-order valence-electron chi connectivity index (χ0n) is 17.2. The maximum Gasteiger partial charge on any atom is 0.411 e. The third kappa shape index (κ3) is 5.38. The van der Waals surface area contributed by atoms with Crippen LogP contribution in [0.4, 0.5) is 4.79 Å². The molecule has 158 valence electrons. The summed E-state index contributed by atoms with van der Waals surface area (Å²) in [7, 11) is 0. The number of nitrogens with zero attached hydrogens (tertiary/aromatic N) is 1. The van der Waals surface area contributed by atoms with E-state index in [0.29, 0.717) is 12.0 Å². The van der Waals surface area contributed by atoms with Gasteiger partial charge in [-0.05, 0) is 58.1 Å². The number of carbonyl (C=O) groups excluding carboxylic acids is 3. The Labute approximate surface area is 180 Å². The second-order valence-electron chi connectivity index (χ2n) is 8.79. The molecular formula is C22H28BrNO5. The van der Waals surface area contributed by atoms with E-state index in [2.05, 4.69) is 15.9 Å². The van der Waals surface area contributed by atoms with Gasteiger partial charge >= 0.3 is 12.1 Å². The van der Waals surface area contributed by atoms with E-state index in [1.807, 2.05) is 20.8 Å². The normalized spacial score (nSPS) is 24.0. The molecule has 2 aliphatic rings. The number of likely N-dealkylation sites (tertiary alicyclic amines) is 1. The minimum absolute atomic E-state index is 0.00155. The van der Waals surface area contributed by atoms with Crippen molar-refractivity contribution in [3.63, 3.8) is 0 Å². The Bertz CT molecular complexity index is 770. The lowest BCUT2D eigenvalue weighted by Crippen LogP contribution is -2.48. The van der Waals surface area contributed by atoms with Gasteiger partial charge < -0.3 is 9.47 Å². The Morgan fingerprint density at radius 2 is 1.76 bits per heavy atom. The van der Waals surface area contributed by atoms with Crippen molar-refractivity contribution < 1.29 is 23.9 Å². The minimum atomic E-state index is -0.698. The summed E-state index contributed by atoms with van der Waals surface area (Å²) in [5.41, 5.74) is -0.166. The molecule has 7 heteroatoms. The van der Waals surface area contributed by atoms with Crippen LogP contribution in [0.2, 0.25) is 0 Å². The molecule has 0 radical (unpaired) electrons. The summed E-state index contributed by atoms with van der Waals surface area (Å²) in [6.07, 6.45) is 4.08. The van der Waals surface area contributed by atoms with Gasteiger partial charge in [0.05, 0.1) is 0 Å². The fraction of sp³-hybridized carbons (Fsp3) is 0.591. The van der Waals surface area contributed by atoms with Gasteiger partial charge in [0.1, 0.15) is 11.6 Å². The van der Waals surface area contributed by atoms with E-state index in [1.54, 1.807) is 29.2 Å². The third-order valence-electron chi connectivity index (χ3n) is 5.48. The van der Waals surface area contributed by atoms with E-state index >= 15 is 0 Å². The van der Waals surface area contributed by atoms with Crippen LogP contribution in [0, 0.1) is 5.92 Å². The van der Waals surface area contributed by atoms with Crippen LogP contribution in [0.15, 0.2) is 28.7 Å². The molecule has 0 unspecified atom stereocenters. The molecule has 6 nitrogen and oxygen atoms in total. The standard InChI is InChI=1S/C22H28BrNO5/c1-22(2,3)29-21(27)24-17-7-5-4-6-15(17)12-18(24)20(26)28-13-19(25)14-8-10-16(23)11-9-14/h8-11,15,17-18H,4-7,12-13H2,1-3H3/t15-,17-,18-/m0/s1. The molecule has 1 aromatic rings. The molecule has 3 atom stereocenters. The quantitative estimate of drug-likeness (QED) is 0.473. The fourth-order valence-corrected chi connectivity index (χ4v) is 4.46. The van der Waals surface area contributed by atoms with Crippen LogP contribution in [-0.2, 0) is 14.3 Å². The number of hydrogen-bond donors (Lipinski definition) is 0. The third-order valence-corrected chi connectivity index (χ3v) is 6.00. The first-order valence-electron chi connectivity index (χ1n) is 10.1. The van der Waals surface area contributed by atoms with Gasteiger partial charge in [0.15, 0.2) is 12.4 Å². The first-order chi connectivity index (χ1) is 13.7. The summed E-state index contributed by atoms with van der Waals surface area (Å²) < 4.78 is 11.8. The lowest BCUT2D eigenvalue weighted by molar-refractivity contribution is -0.148. The highest BCUT2D eigenvalue weighted by atomic mass is 79.9. The number of Topliss-reactive ketones (excluding diaryl/α,β-unsaturated/α-hetero) is 1. The molecule has 1 aromatic carbocycles. The van der Waals surface area contributed by atoms with Crippen LogP contribution in [0.1, 0.15) is 63.2 Å². The van der Waals surface area contributed by atoms with E-state index in [9.17, 15) is 14.4 Å². The molecule has 0 aromatic heterocycles. The highest BCUT2D eigenvalue weighted by Crippen LogP contribution is 2.40. The van der Waals surface area contributed by atoms with Crippen molar-refractivity contribution >= 4 is 33.8 Å². The van der Waals surface area contributed by atoms with Crippen LogP contribution < -0.4 is 0 Å². The van der Waals surface area contributed by atoms with Crippen molar-refractivity contribution in [3.05, 3.63) is 34.3 Å². The molecule has 1 amide bonds. The second kappa shape index (κ2) is 8.86. The van der Waals surface area contributed by atoms with Gasteiger partial charge in [-0.3, -0.25) is 9.69 Å². The topological polar surface area (TPSA) is 72.9 Å². The summed E-state index contributed by atoms with van der Waals surface area (Å²) in [5.74, 6) is -0.531. The Balaban J connectivity index is 1.68. The minimum Gasteiger partial charge on any atom is -0.456 e. The number of esters is 1. The van der Waals surface area contributed by atoms with Gasteiger partial charge in [-0.15, -0.1) is 0 Å². The maximum atomic E-state index is 12.8. The molecule has 1 heterocycles. The summed E-state index contributed by atoms with van der Waals surface area (Å²) in [5, 5.41) is 0. The van der Waals surface area contributed by atoms with E-state index in [0.717, 1.165) is 30.2 Å². The number of rotatable bonds is 4. The first-order valence-corrected chi connectivity index (χ1v) is 10.9. The first kappa shape index (κ1) is 21.8. The van der Waals surface area contributed by atoms with Crippen molar-refractivity contribution in [1.82, 2.24) is 4.90 Å². The number of fused-ring (bicyclic) bond motifs is 1. The van der Waals surface area contributed by atoms with Crippen molar-refractivity contribution in [2.45, 2.75) is 70.6 Å². The van der Waals surface area contributed by atoms with Crippen molar-refractivity contribution in [1.29, 1.82) is 0 Å². The Morgan fingerprint density at radius 1 is 1.10 bits per heavy atom. The number of benzene rings is 1. The Kier molecular flexibility index (Phi) is 6.66. The lowest BCUT2D eigenvalue weighted by Gasteiger charge is -2.34. The molecule has 29 heavy (non-hydrogen) atoms. The van der Waals surface area contributed by atoms with Crippen molar-refractivity contribution in [2.75, 3.05) is 6.61 Å². The lowest BCUT2D eigenvalue weighted by atomic mass is 9.85. The maximum absolute atomic E-state index is 12.8. The second-order valence-corrected chi connectivity index (χ2v) is 9.70. The van der Waals surface area contributed by atoms with Crippen LogP contribution in [-0.4, -0.2) is 47.0 Å². The number of amides is 1. The van der Waals surface area contributed by atoms with Crippen LogP contribution in [0.25, 0.3) is 0 Å². The average Bonchev–Trinajstić information content (AvgIpc) is 3.05. The number of carbonyl (C=O) groups is 3. The van der Waals surface area contributed by atoms with Crippen molar-refractivity contribution in [3.8, 4) is 0 Å². The van der Waals surface area contributed by atoms with Gasteiger partial charge in [0.25, 0.3) is 0 Å². The molecule has 0 bridgehead atoms. The summed E-state index contributed by atoms with van der Waals surface area (Å²) >= 11 is 3.33. The molecule has 2 fully saturated rings. The van der Waals surface area contributed by atoms with Gasteiger partial charge in [0, 0.05) is 16.1 Å². The van der Waals surface area contributed by atoms with Gasteiger partial charge in [-0.25, -0.2) is 9.59 Å². The van der Waals surface area contributed by atoms with Crippen LogP contribution in [0.3, 0.4) is 0 Å². The van der Waals surface area contributed by atoms with Gasteiger partial charge in [-0.1, -0.05) is 40.9 Å². The molecule has 1 saturated carbocycles. The van der Waals surface area contributed by atoms with E-state index in [1.165, 1.54) is 0 Å². The molecule has 1 saturated heterocycles. The zero-order valence-corrected chi connectivity index (χ0v) is 18.7. The van der Waals surface area contributed by atoms with Crippen LogP contribution >= 0.6 is 15.9 Å². The van der Waals surface area contributed by atoms with E-state index < -0.39 is 23.7 Å². The number of halogens is 1. The van der Waals surface area contributed by atoms with E-state index in [-0.39, 0.29) is 24.3 Å². The summed E-state index contributed by atoms with van der Waals surface area (Å²) in [4.78, 5) is 39.6. The smallest absolute Gasteiger partial charge is 0.411 e. The fourth-order valence-electron chi connectivity index (χ4n) is 4.20. The van der Waals surface area contributed by atoms with Crippen molar-refractivity contribution in [2.24, 2.45) is 5.92 Å². The molecule has 1 aliphatic carbocycles. The monoisotopic (exact) mass is 465 g/mol. The molecule has 1 aliphatic heterocycles. The van der Waals surface area contributed by atoms with Crippen LogP contribution in [0.5, 0.6) is 0 Å². The summed E-state index contributed by atoms with van der Waals surface area (Å²) in [6.45, 7) is 5.09. The van der Waals surface area contributed by atoms with E-state index in [4.69, 9.17) is 9.47 Å². The Hall–Kier alpha value is -1.89. The highest BCUT2D eigenvalue weighted by Gasteiger charge is 2.49. The number of ether oxygens (including phenoxy) is 2. The largest absolute Gasteiger partial charge is 0.456 e. The van der Waals surface area contributed by atoms with Gasteiger partial charge in [-0.2, -0.15) is 0 Å². The Morgan fingerprint density at radius 3 is 2.41 bits per heavy atom. The zero-order chi connectivity index (χ0) is 21.2. The molecule has 0 N–H and O–H groups in total. The summed E-state index contributed by atoms with van der Waals surface area (Å²) in [6, 6.07) is 6.19.